The standard InChI is InChI=1S/C14H15BrN2OS/c1-9(10-4-2-5-11(15)8-10)17-14(18)13(16)12-6-3-7-19-12/h2-9,13H,16H2,1H3,(H,17,18)/t9-,13?/m1/s1. The average Bonchev–Trinajstić information content (AvgIpc) is 2.91. The van der Waals surface area contributed by atoms with Crippen LogP contribution in [-0.4, -0.2) is 5.91 Å². The monoisotopic (exact) mass is 338 g/mol. The number of amides is 1. The van der Waals surface area contributed by atoms with Crippen molar-refractivity contribution in [2.75, 3.05) is 0 Å². The molecule has 2 rings (SSSR count). The topological polar surface area (TPSA) is 55.1 Å². The molecule has 2 atom stereocenters. The zero-order valence-electron chi connectivity index (χ0n) is 10.5. The van der Waals surface area contributed by atoms with E-state index in [0.29, 0.717) is 0 Å². The van der Waals surface area contributed by atoms with Crippen molar-refractivity contribution in [1.82, 2.24) is 5.32 Å². The molecule has 1 heterocycles. The molecule has 1 aromatic heterocycles. The number of carbonyl (C=O) groups excluding carboxylic acids is 1. The lowest BCUT2D eigenvalue weighted by Crippen LogP contribution is -2.35. The predicted octanol–water partition coefficient (Wildman–Crippen LogP) is 3.39. The lowest BCUT2D eigenvalue weighted by Gasteiger charge is -2.17. The quantitative estimate of drug-likeness (QED) is 0.897. The Morgan fingerprint density at radius 1 is 1.37 bits per heavy atom. The first-order valence-electron chi connectivity index (χ1n) is 5.93. The number of thiophene rings is 1. The normalized spacial score (nSPS) is 13.8. The van der Waals surface area contributed by atoms with Gasteiger partial charge in [0.05, 0.1) is 6.04 Å². The van der Waals surface area contributed by atoms with Crippen molar-refractivity contribution in [3.8, 4) is 0 Å². The molecule has 0 aliphatic heterocycles. The molecule has 1 unspecified atom stereocenters. The van der Waals surface area contributed by atoms with Gasteiger partial charge in [0.15, 0.2) is 0 Å². The van der Waals surface area contributed by atoms with E-state index in [0.717, 1.165) is 14.9 Å². The smallest absolute Gasteiger partial charge is 0.242 e. The van der Waals surface area contributed by atoms with Crippen LogP contribution in [0.2, 0.25) is 0 Å². The van der Waals surface area contributed by atoms with Crippen LogP contribution in [0, 0.1) is 0 Å². The largest absolute Gasteiger partial charge is 0.348 e. The minimum atomic E-state index is -0.602. The Morgan fingerprint density at radius 3 is 2.79 bits per heavy atom. The Bertz CT molecular complexity index is 556. The third-order valence-corrected chi connectivity index (χ3v) is 4.29. The summed E-state index contributed by atoms with van der Waals surface area (Å²) in [5.41, 5.74) is 6.97. The van der Waals surface area contributed by atoms with E-state index in [9.17, 15) is 4.79 Å². The third kappa shape index (κ3) is 3.65. The molecule has 0 aliphatic rings. The number of nitrogens with one attached hydrogen (secondary N) is 1. The highest BCUT2D eigenvalue weighted by Crippen LogP contribution is 2.20. The minimum absolute atomic E-state index is 0.0731. The molecule has 0 saturated carbocycles. The highest BCUT2D eigenvalue weighted by molar-refractivity contribution is 9.10. The number of hydrogen-bond acceptors (Lipinski definition) is 3. The average molecular weight is 339 g/mol. The van der Waals surface area contributed by atoms with Gasteiger partial charge in [0.1, 0.15) is 6.04 Å². The summed E-state index contributed by atoms with van der Waals surface area (Å²) in [5, 5.41) is 4.85. The first kappa shape index (κ1) is 14.2. The van der Waals surface area contributed by atoms with Crippen LogP contribution in [0.1, 0.15) is 29.4 Å². The summed E-state index contributed by atoms with van der Waals surface area (Å²) >= 11 is 4.91. The molecule has 5 heteroatoms. The fraction of sp³-hybridized carbons (Fsp3) is 0.214. The van der Waals surface area contributed by atoms with Crippen molar-refractivity contribution in [2.24, 2.45) is 5.73 Å². The van der Waals surface area contributed by atoms with Crippen molar-refractivity contribution >= 4 is 33.2 Å². The fourth-order valence-electron chi connectivity index (χ4n) is 1.76. The lowest BCUT2D eigenvalue weighted by molar-refractivity contribution is -0.123. The van der Waals surface area contributed by atoms with Gasteiger partial charge >= 0.3 is 0 Å². The van der Waals surface area contributed by atoms with Crippen molar-refractivity contribution in [3.05, 3.63) is 56.7 Å². The molecule has 1 aromatic carbocycles. The lowest BCUT2D eigenvalue weighted by atomic mass is 10.1. The van der Waals surface area contributed by atoms with Gasteiger partial charge in [0, 0.05) is 9.35 Å². The maximum absolute atomic E-state index is 12.1. The van der Waals surface area contributed by atoms with E-state index in [4.69, 9.17) is 5.73 Å². The number of nitrogens with two attached hydrogens (primary N) is 1. The van der Waals surface area contributed by atoms with Crippen molar-refractivity contribution in [2.45, 2.75) is 19.0 Å². The van der Waals surface area contributed by atoms with Gasteiger partial charge in [-0.1, -0.05) is 34.1 Å². The van der Waals surface area contributed by atoms with E-state index in [1.165, 1.54) is 11.3 Å². The first-order valence-corrected chi connectivity index (χ1v) is 7.60. The molecule has 3 nitrogen and oxygen atoms in total. The van der Waals surface area contributed by atoms with Gasteiger partial charge < -0.3 is 11.1 Å². The second-order valence-electron chi connectivity index (χ2n) is 4.28. The van der Waals surface area contributed by atoms with Gasteiger partial charge in [-0.3, -0.25) is 4.79 Å². The highest BCUT2D eigenvalue weighted by Gasteiger charge is 2.19. The van der Waals surface area contributed by atoms with Crippen LogP contribution in [0.5, 0.6) is 0 Å². The zero-order valence-corrected chi connectivity index (χ0v) is 12.9. The number of hydrogen-bond donors (Lipinski definition) is 2. The molecule has 0 bridgehead atoms. The minimum Gasteiger partial charge on any atom is -0.348 e. The fourth-order valence-corrected chi connectivity index (χ4v) is 2.90. The van der Waals surface area contributed by atoms with E-state index in [1.54, 1.807) is 0 Å². The highest BCUT2D eigenvalue weighted by atomic mass is 79.9. The molecule has 0 radical (unpaired) electrons. The van der Waals surface area contributed by atoms with Gasteiger partial charge in [-0.25, -0.2) is 0 Å². The molecule has 2 aromatic rings. The van der Waals surface area contributed by atoms with Crippen LogP contribution in [0.25, 0.3) is 0 Å². The van der Waals surface area contributed by atoms with Crippen LogP contribution < -0.4 is 11.1 Å². The van der Waals surface area contributed by atoms with Crippen LogP contribution in [-0.2, 0) is 4.79 Å². The Kier molecular flexibility index (Phi) is 4.74. The van der Waals surface area contributed by atoms with E-state index >= 15 is 0 Å². The van der Waals surface area contributed by atoms with Gasteiger partial charge in [-0.2, -0.15) is 0 Å². The molecule has 19 heavy (non-hydrogen) atoms. The summed E-state index contributed by atoms with van der Waals surface area (Å²) in [6.07, 6.45) is 0. The Hall–Kier alpha value is -1.17. The van der Waals surface area contributed by atoms with E-state index in [1.807, 2.05) is 48.7 Å². The maximum atomic E-state index is 12.1. The molecule has 3 N–H and O–H groups in total. The third-order valence-electron chi connectivity index (χ3n) is 2.84. The summed E-state index contributed by atoms with van der Waals surface area (Å²) in [6, 6.07) is 11.0. The second-order valence-corrected chi connectivity index (χ2v) is 6.17. The van der Waals surface area contributed by atoms with E-state index < -0.39 is 6.04 Å². The SMILES string of the molecule is C[C@@H](NC(=O)C(N)c1cccs1)c1cccc(Br)c1. The molecule has 1 amide bonds. The summed E-state index contributed by atoms with van der Waals surface area (Å²) in [4.78, 5) is 12.9. The number of carbonyl (C=O) groups is 1. The molecular weight excluding hydrogens is 324 g/mol. The van der Waals surface area contributed by atoms with Gasteiger partial charge in [0.25, 0.3) is 0 Å². The Balaban J connectivity index is 2.03. The zero-order chi connectivity index (χ0) is 13.8. The summed E-state index contributed by atoms with van der Waals surface area (Å²) in [5.74, 6) is -0.157. The summed E-state index contributed by atoms with van der Waals surface area (Å²) in [6.45, 7) is 1.95. The molecule has 100 valence electrons. The summed E-state index contributed by atoms with van der Waals surface area (Å²) in [7, 11) is 0. The predicted molar refractivity (Wildman–Crippen MR) is 81.9 cm³/mol. The van der Waals surface area contributed by atoms with Gasteiger partial charge in [-0.15, -0.1) is 11.3 Å². The summed E-state index contributed by atoms with van der Waals surface area (Å²) < 4.78 is 0.994. The maximum Gasteiger partial charge on any atom is 0.242 e. The van der Waals surface area contributed by atoms with Crippen LogP contribution in [0.4, 0.5) is 0 Å². The van der Waals surface area contributed by atoms with Crippen molar-refractivity contribution in [1.29, 1.82) is 0 Å². The Morgan fingerprint density at radius 2 is 2.16 bits per heavy atom. The first-order chi connectivity index (χ1) is 9.08. The van der Waals surface area contributed by atoms with E-state index in [2.05, 4.69) is 21.2 Å². The number of halogens is 1. The van der Waals surface area contributed by atoms with Crippen LogP contribution >= 0.6 is 27.3 Å². The molecular formula is C14H15BrN2OS. The molecule has 0 spiro atoms. The molecule has 0 fully saturated rings. The van der Waals surface area contributed by atoms with Crippen molar-refractivity contribution < 1.29 is 4.79 Å². The van der Waals surface area contributed by atoms with E-state index in [-0.39, 0.29) is 11.9 Å². The molecule has 0 aliphatic carbocycles. The molecule has 0 saturated heterocycles. The van der Waals surface area contributed by atoms with Crippen LogP contribution in [0.3, 0.4) is 0 Å². The second kappa shape index (κ2) is 6.32. The van der Waals surface area contributed by atoms with Crippen LogP contribution in [0.15, 0.2) is 46.3 Å². The number of rotatable bonds is 4. The van der Waals surface area contributed by atoms with Gasteiger partial charge in [-0.05, 0) is 36.1 Å². The number of benzene rings is 1. The Labute approximate surface area is 125 Å². The van der Waals surface area contributed by atoms with Gasteiger partial charge in [0.2, 0.25) is 5.91 Å². The van der Waals surface area contributed by atoms with Crippen molar-refractivity contribution in [3.63, 3.8) is 0 Å².